The number of nitrogens with one attached hydrogen (secondary N) is 1. The first-order valence-corrected chi connectivity index (χ1v) is 7.21. The third-order valence-corrected chi connectivity index (χ3v) is 4.10. The Hall–Kier alpha value is -1.97. The fourth-order valence-electron chi connectivity index (χ4n) is 2.82. The van der Waals surface area contributed by atoms with Crippen molar-refractivity contribution in [2.45, 2.75) is 38.7 Å². The second-order valence-electron chi connectivity index (χ2n) is 5.82. The smallest absolute Gasteiger partial charge is 0.355 e. The van der Waals surface area contributed by atoms with Crippen molar-refractivity contribution in [2.75, 3.05) is 5.73 Å². The summed E-state index contributed by atoms with van der Waals surface area (Å²) in [5, 5.41) is 0.939. The highest BCUT2D eigenvalue weighted by molar-refractivity contribution is 5.95. The molecule has 1 fully saturated rings. The van der Waals surface area contributed by atoms with Gasteiger partial charge in [-0.05, 0) is 55.9 Å². The summed E-state index contributed by atoms with van der Waals surface area (Å²) < 4.78 is 5.58. The van der Waals surface area contributed by atoms with Crippen molar-refractivity contribution in [1.29, 1.82) is 0 Å². The highest BCUT2D eigenvalue weighted by Crippen LogP contribution is 2.26. The zero-order valence-corrected chi connectivity index (χ0v) is 11.7. The molecule has 1 aliphatic carbocycles. The highest BCUT2D eigenvalue weighted by Gasteiger charge is 2.22. The fourth-order valence-corrected chi connectivity index (χ4v) is 2.82. The zero-order chi connectivity index (χ0) is 14.1. The quantitative estimate of drug-likeness (QED) is 0.649. The summed E-state index contributed by atoms with van der Waals surface area (Å²) in [6.07, 6.45) is 4.29. The van der Waals surface area contributed by atoms with E-state index in [-0.39, 0.29) is 12.1 Å². The molecule has 0 bridgehead atoms. The van der Waals surface area contributed by atoms with Crippen LogP contribution in [0.25, 0.3) is 10.9 Å². The molecular formula is C16H20N2O2. The van der Waals surface area contributed by atoms with E-state index in [9.17, 15) is 4.79 Å². The van der Waals surface area contributed by atoms with Gasteiger partial charge in [-0.1, -0.05) is 6.92 Å². The number of aromatic nitrogens is 1. The van der Waals surface area contributed by atoms with Crippen LogP contribution < -0.4 is 5.73 Å². The number of anilines is 1. The number of hydrogen-bond acceptors (Lipinski definition) is 3. The Morgan fingerprint density at radius 2 is 2.00 bits per heavy atom. The van der Waals surface area contributed by atoms with Crippen molar-refractivity contribution in [3.8, 4) is 0 Å². The van der Waals surface area contributed by atoms with Gasteiger partial charge in [-0.15, -0.1) is 0 Å². The number of ether oxygens (including phenoxy) is 1. The molecule has 0 amide bonds. The van der Waals surface area contributed by atoms with Gasteiger partial charge < -0.3 is 15.5 Å². The third-order valence-electron chi connectivity index (χ3n) is 4.10. The Balaban J connectivity index is 1.72. The van der Waals surface area contributed by atoms with Gasteiger partial charge in [0.1, 0.15) is 11.8 Å². The Bertz CT molecular complexity index is 624. The molecule has 1 aromatic heterocycles. The number of nitrogens with two attached hydrogens (primary N) is 1. The lowest BCUT2D eigenvalue weighted by Gasteiger charge is -2.25. The second-order valence-corrected chi connectivity index (χ2v) is 5.82. The minimum atomic E-state index is -0.265. The van der Waals surface area contributed by atoms with E-state index in [1.165, 1.54) is 0 Å². The van der Waals surface area contributed by atoms with Crippen LogP contribution in [0.2, 0.25) is 0 Å². The van der Waals surface area contributed by atoms with Gasteiger partial charge in [0.15, 0.2) is 0 Å². The van der Waals surface area contributed by atoms with E-state index in [2.05, 4.69) is 11.9 Å². The maximum atomic E-state index is 12.2. The first kappa shape index (κ1) is 13.0. The second kappa shape index (κ2) is 5.19. The number of carbonyl (C=O) groups is 1. The fraction of sp³-hybridized carbons (Fsp3) is 0.438. The van der Waals surface area contributed by atoms with Gasteiger partial charge in [0, 0.05) is 16.6 Å². The number of H-pyrrole nitrogens is 1. The summed E-state index contributed by atoms with van der Waals surface area (Å²) in [4.78, 5) is 15.3. The van der Waals surface area contributed by atoms with Crippen LogP contribution in [0.15, 0.2) is 24.3 Å². The summed E-state index contributed by atoms with van der Waals surface area (Å²) in [5.41, 5.74) is 7.84. The summed E-state index contributed by atoms with van der Waals surface area (Å²) in [7, 11) is 0. The van der Waals surface area contributed by atoms with E-state index in [1.807, 2.05) is 18.2 Å². The van der Waals surface area contributed by atoms with Crippen LogP contribution in [0.4, 0.5) is 5.69 Å². The minimum absolute atomic E-state index is 0.0650. The summed E-state index contributed by atoms with van der Waals surface area (Å²) >= 11 is 0. The molecule has 4 heteroatoms. The van der Waals surface area contributed by atoms with E-state index in [0.717, 1.165) is 42.5 Å². The molecule has 3 rings (SSSR count). The number of fused-ring (bicyclic) bond motifs is 1. The van der Waals surface area contributed by atoms with Gasteiger partial charge in [-0.25, -0.2) is 4.79 Å². The van der Waals surface area contributed by atoms with Crippen molar-refractivity contribution in [1.82, 2.24) is 4.98 Å². The van der Waals surface area contributed by atoms with Crippen molar-refractivity contribution in [3.05, 3.63) is 30.0 Å². The molecule has 0 spiro atoms. The van der Waals surface area contributed by atoms with Crippen molar-refractivity contribution < 1.29 is 9.53 Å². The lowest BCUT2D eigenvalue weighted by Crippen LogP contribution is -2.23. The van der Waals surface area contributed by atoms with Crippen LogP contribution in [-0.2, 0) is 4.74 Å². The summed E-state index contributed by atoms with van der Waals surface area (Å²) in [5.74, 6) is 0.486. The molecule has 106 valence electrons. The largest absolute Gasteiger partial charge is 0.458 e. The van der Waals surface area contributed by atoms with E-state index >= 15 is 0 Å². The number of nitrogen functional groups attached to an aromatic ring is 1. The van der Waals surface area contributed by atoms with E-state index in [4.69, 9.17) is 10.5 Å². The van der Waals surface area contributed by atoms with Gasteiger partial charge in [0.25, 0.3) is 0 Å². The zero-order valence-electron chi connectivity index (χ0n) is 11.7. The predicted octanol–water partition coefficient (Wildman–Crippen LogP) is 3.49. The van der Waals surface area contributed by atoms with E-state index in [0.29, 0.717) is 11.4 Å². The van der Waals surface area contributed by atoms with Crippen LogP contribution in [0, 0.1) is 5.92 Å². The number of benzene rings is 1. The monoisotopic (exact) mass is 272 g/mol. The van der Waals surface area contributed by atoms with Crippen LogP contribution in [0.3, 0.4) is 0 Å². The van der Waals surface area contributed by atoms with E-state index in [1.54, 1.807) is 6.07 Å². The molecule has 1 aliphatic rings. The molecule has 3 N–H and O–H groups in total. The number of aromatic amines is 1. The molecule has 0 radical (unpaired) electrons. The molecule has 0 atom stereocenters. The van der Waals surface area contributed by atoms with Crippen molar-refractivity contribution >= 4 is 22.6 Å². The minimum Gasteiger partial charge on any atom is -0.458 e. The molecule has 4 nitrogen and oxygen atoms in total. The number of hydrogen-bond donors (Lipinski definition) is 2. The summed E-state index contributed by atoms with van der Waals surface area (Å²) in [6, 6.07) is 7.35. The molecule has 2 aromatic rings. The van der Waals surface area contributed by atoms with Crippen LogP contribution >= 0.6 is 0 Å². The molecule has 0 unspecified atom stereocenters. The molecule has 0 aliphatic heterocycles. The lowest BCUT2D eigenvalue weighted by atomic mass is 9.89. The number of esters is 1. The third kappa shape index (κ3) is 2.64. The number of rotatable bonds is 2. The standard InChI is InChI=1S/C16H20N2O2/c1-10-2-5-13(6-3-10)20-16(19)15-9-11-8-12(17)4-7-14(11)18-15/h4,7-10,13,18H,2-3,5-6,17H2,1H3. The van der Waals surface area contributed by atoms with Crippen LogP contribution in [-0.4, -0.2) is 17.1 Å². The van der Waals surface area contributed by atoms with Gasteiger partial charge in [0.2, 0.25) is 0 Å². The molecular weight excluding hydrogens is 252 g/mol. The molecule has 1 heterocycles. The predicted molar refractivity (Wildman–Crippen MR) is 79.5 cm³/mol. The molecule has 1 aromatic carbocycles. The molecule has 0 saturated heterocycles. The van der Waals surface area contributed by atoms with E-state index < -0.39 is 0 Å². The summed E-state index contributed by atoms with van der Waals surface area (Å²) in [6.45, 7) is 2.25. The molecule has 20 heavy (non-hydrogen) atoms. The van der Waals surface area contributed by atoms with Gasteiger partial charge in [-0.2, -0.15) is 0 Å². The average Bonchev–Trinajstić information content (AvgIpc) is 2.84. The highest BCUT2D eigenvalue weighted by atomic mass is 16.5. The Morgan fingerprint density at radius 1 is 1.25 bits per heavy atom. The van der Waals surface area contributed by atoms with Crippen molar-refractivity contribution in [2.24, 2.45) is 5.92 Å². The first-order chi connectivity index (χ1) is 9.61. The van der Waals surface area contributed by atoms with Gasteiger partial charge >= 0.3 is 5.97 Å². The van der Waals surface area contributed by atoms with Crippen LogP contribution in [0.1, 0.15) is 43.1 Å². The van der Waals surface area contributed by atoms with Crippen molar-refractivity contribution in [3.63, 3.8) is 0 Å². The lowest BCUT2D eigenvalue weighted by molar-refractivity contribution is 0.0168. The maximum Gasteiger partial charge on any atom is 0.355 e. The Morgan fingerprint density at radius 3 is 2.75 bits per heavy atom. The first-order valence-electron chi connectivity index (χ1n) is 7.21. The SMILES string of the molecule is CC1CCC(OC(=O)c2cc3cc(N)ccc3[nH]2)CC1. The maximum absolute atomic E-state index is 12.2. The molecule has 1 saturated carbocycles. The Kier molecular flexibility index (Phi) is 3.38. The van der Waals surface area contributed by atoms with Gasteiger partial charge in [0.05, 0.1) is 0 Å². The van der Waals surface area contributed by atoms with Gasteiger partial charge in [-0.3, -0.25) is 0 Å². The number of carbonyl (C=O) groups excluding carboxylic acids is 1. The van der Waals surface area contributed by atoms with Crippen LogP contribution in [0.5, 0.6) is 0 Å². The topological polar surface area (TPSA) is 68.1 Å². The average molecular weight is 272 g/mol. The Labute approximate surface area is 118 Å². The normalized spacial score (nSPS) is 22.9.